The summed E-state index contributed by atoms with van der Waals surface area (Å²) in [6, 6.07) is -1.24. The number of rotatable bonds is 12. The minimum atomic E-state index is -4.88. The molecule has 4 rings (SSSR count). The van der Waals surface area contributed by atoms with Crippen molar-refractivity contribution in [3.63, 3.8) is 0 Å². The predicted molar refractivity (Wildman–Crippen MR) is 267 cm³/mol. The Morgan fingerprint density at radius 1 is 0.851 bits per heavy atom. The second kappa shape index (κ2) is 29.7. The van der Waals surface area contributed by atoms with E-state index in [1.165, 1.54) is 7.11 Å². The lowest BCUT2D eigenvalue weighted by Gasteiger charge is -2.43. The lowest BCUT2D eigenvalue weighted by molar-refractivity contribution is -0.327. The van der Waals surface area contributed by atoms with Gasteiger partial charge in [-0.05, 0) is 107 Å². The maximum absolute atomic E-state index is 14.5. The van der Waals surface area contributed by atoms with Gasteiger partial charge in [-0.1, -0.05) is 71.1 Å². The number of allylic oxidation sites excluding steroid dienone is 6. The molecule has 2 bridgehead atoms. The van der Waals surface area contributed by atoms with Crippen LogP contribution >= 0.6 is 0 Å². The number of alkyl halides is 3. The van der Waals surface area contributed by atoms with Crippen molar-refractivity contribution in [1.29, 1.82) is 0 Å². The van der Waals surface area contributed by atoms with Crippen LogP contribution in [-0.4, -0.2) is 158 Å². The molecule has 0 aromatic carbocycles. The minimum absolute atomic E-state index is 0.00786. The van der Waals surface area contributed by atoms with E-state index in [2.05, 4.69) is 4.74 Å². The van der Waals surface area contributed by atoms with Crippen LogP contribution in [0.15, 0.2) is 47.6 Å². The average molecular weight is 1060 g/mol. The first-order chi connectivity index (χ1) is 34.9. The smallest absolute Gasteiger partial charge is 0.460 e. The average Bonchev–Trinajstić information content (AvgIpc) is 3.36. The third-order valence-electron chi connectivity index (χ3n) is 15.3. The minimum Gasteiger partial charge on any atom is -0.460 e. The highest BCUT2D eigenvalue weighted by Crippen LogP contribution is 2.38. The third-order valence-corrected chi connectivity index (χ3v) is 15.3. The first kappa shape index (κ1) is 62.9. The molecule has 0 aromatic rings. The SMILES string of the molecule is CO[C@@H]1CC(C[C@@H](C)C2CC(=O)[C@H](C)/C=C(\C)[C@@H](O)[C@@H](OC)C(=O)[C@H](C)C[C@H](C)/C=C/C=C/C=C(\C)[C@@H](OCCOC(F)(F)F)C[C@@H]3CC[C@@H](C)[C@@](O)(O3)C(=O)C(=O)N3CCCC[C@H]3C(=O)O2)CC[C@H]1OCCO. The van der Waals surface area contributed by atoms with E-state index in [4.69, 9.17) is 28.4 Å². The van der Waals surface area contributed by atoms with Crippen LogP contribution in [0.5, 0.6) is 0 Å². The Kier molecular flexibility index (Phi) is 25.3. The van der Waals surface area contributed by atoms with E-state index in [9.17, 15) is 52.5 Å². The van der Waals surface area contributed by atoms with E-state index in [1.807, 2.05) is 19.9 Å². The van der Waals surface area contributed by atoms with Gasteiger partial charge in [0.05, 0.1) is 50.8 Å². The lowest BCUT2D eigenvalue weighted by atomic mass is 9.78. The molecule has 3 fully saturated rings. The van der Waals surface area contributed by atoms with Gasteiger partial charge < -0.3 is 48.6 Å². The molecule has 1 amide bonds. The standard InChI is InChI=1S/C55H84F3NO15/c1-33-15-11-10-12-16-34(2)45(71-25-26-72-55(56,57)58)31-41-20-18-39(7)54(67,74-41)51(64)52(65)59-22-14-13-17-42(59)53(66)73-46(36(4)29-40-19-21-44(70-24-23-60)47(30-40)68-8)32-43(61)35(3)28-38(6)49(63)50(69-9)48(62)37(5)27-33/h10-12,15-16,28,33,35-37,39-42,44-47,49-50,60,63,67H,13-14,17-27,29-32H2,1-9H3/b12-10+,15-11+,34-16+,38-28+/t33-,35-,36-,37-,39-,40?,41+,42+,44-,45+,46?,47-,49-,50+,54-/m1/s1. The summed E-state index contributed by atoms with van der Waals surface area (Å²) in [6.07, 6.45) is 4.06. The Labute approximate surface area is 435 Å². The molecule has 3 N–H and O–H groups in total. The first-order valence-corrected chi connectivity index (χ1v) is 26.4. The Bertz CT molecular complexity index is 1970. The van der Waals surface area contributed by atoms with Gasteiger partial charge in [-0.2, -0.15) is 0 Å². The molecule has 0 spiro atoms. The molecule has 420 valence electrons. The molecule has 3 heterocycles. The molecule has 2 saturated heterocycles. The Morgan fingerprint density at radius 2 is 1.58 bits per heavy atom. The van der Waals surface area contributed by atoms with Crippen molar-refractivity contribution in [3.8, 4) is 0 Å². The van der Waals surface area contributed by atoms with Crippen molar-refractivity contribution in [2.75, 3.05) is 47.2 Å². The number of hydrogen-bond acceptors (Lipinski definition) is 15. The molecular formula is C55H84F3NO15. The number of halogens is 3. The molecule has 74 heavy (non-hydrogen) atoms. The van der Waals surface area contributed by atoms with Crippen LogP contribution in [0.25, 0.3) is 0 Å². The second-order valence-electron chi connectivity index (χ2n) is 21.1. The van der Waals surface area contributed by atoms with Crippen LogP contribution in [0.3, 0.4) is 0 Å². The maximum Gasteiger partial charge on any atom is 0.522 e. The number of carbonyl (C=O) groups is 5. The van der Waals surface area contributed by atoms with Crippen molar-refractivity contribution in [2.45, 2.75) is 186 Å². The number of aliphatic hydroxyl groups is 3. The topological polar surface area (TPSA) is 214 Å². The summed E-state index contributed by atoms with van der Waals surface area (Å²) in [7, 11) is 2.94. The van der Waals surface area contributed by atoms with E-state index in [1.54, 1.807) is 72.1 Å². The van der Waals surface area contributed by atoms with E-state index < -0.39 is 103 Å². The molecule has 1 saturated carbocycles. The Balaban J connectivity index is 1.72. The molecular weight excluding hydrogens is 972 g/mol. The summed E-state index contributed by atoms with van der Waals surface area (Å²) in [5.74, 6) is -9.11. The van der Waals surface area contributed by atoms with Gasteiger partial charge >= 0.3 is 12.3 Å². The van der Waals surface area contributed by atoms with Crippen LogP contribution < -0.4 is 0 Å². The van der Waals surface area contributed by atoms with Crippen LogP contribution in [0.4, 0.5) is 13.2 Å². The van der Waals surface area contributed by atoms with Gasteiger partial charge in [0.2, 0.25) is 5.79 Å². The molecule has 2 unspecified atom stereocenters. The fraction of sp³-hybridized carbons (Fsp3) is 0.764. The van der Waals surface area contributed by atoms with E-state index in [-0.39, 0.29) is 81.1 Å². The summed E-state index contributed by atoms with van der Waals surface area (Å²) in [5, 5.41) is 32.9. The zero-order chi connectivity index (χ0) is 54.9. The number of hydrogen-bond donors (Lipinski definition) is 3. The summed E-state index contributed by atoms with van der Waals surface area (Å²) < 4.78 is 78.1. The van der Waals surface area contributed by atoms with Gasteiger partial charge in [0.25, 0.3) is 11.7 Å². The molecule has 0 radical (unpaired) electrons. The predicted octanol–water partition coefficient (Wildman–Crippen LogP) is 7.10. The number of Topliss-reactive ketones (excluding diaryl/α,β-unsaturated/α-hetero) is 3. The van der Waals surface area contributed by atoms with Crippen molar-refractivity contribution < 1.29 is 85.6 Å². The molecule has 16 nitrogen and oxygen atoms in total. The zero-order valence-electron chi connectivity index (χ0n) is 44.9. The normalized spacial score (nSPS) is 37.2. The van der Waals surface area contributed by atoms with Crippen LogP contribution in [-0.2, 0) is 57.1 Å². The zero-order valence-corrected chi connectivity index (χ0v) is 44.9. The highest BCUT2D eigenvalue weighted by atomic mass is 19.4. The highest BCUT2D eigenvalue weighted by molar-refractivity contribution is 6.39. The van der Waals surface area contributed by atoms with Crippen LogP contribution in [0.1, 0.15) is 126 Å². The highest BCUT2D eigenvalue weighted by Gasteiger charge is 2.53. The second-order valence-corrected chi connectivity index (χ2v) is 21.1. The lowest BCUT2D eigenvalue weighted by Crippen LogP contribution is -2.61. The maximum atomic E-state index is 14.5. The number of piperidine rings is 1. The van der Waals surface area contributed by atoms with Gasteiger partial charge in [0.1, 0.15) is 30.1 Å². The number of cyclic esters (lactones) is 1. The molecule has 15 atom stereocenters. The summed E-state index contributed by atoms with van der Waals surface area (Å²) in [6.45, 7) is 10.9. The number of ether oxygens (including phenoxy) is 7. The molecule has 0 aromatic heterocycles. The number of amides is 1. The largest absolute Gasteiger partial charge is 0.522 e. The third kappa shape index (κ3) is 18.2. The number of ketones is 3. The van der Waals surface area contributed by atoms with Crippen molar-refractivity contribution in [1.82, 2.24) is 4.90 Å². The van der Waals surface area contributed by atoms with Crippen molar-refractivity contribution in [2.24, 2.45) is 35.5 Å². The molecule has 1 aliphatic carbocycles. The van der Waals surface area contributed by atoms with Gasteiger partial charge in [-0.25, -0.2) is 4.79 Å². The molecule has 4 aliphatic rings. The number of carbonyl (C=O) groups excluding carboxylic acids is 5. The van der Waals surface area contributed by atoms with Crippen LogP contribution in [0.2, 0.25) is 0 Å². The fourth-order valence-electron chi connectivity index (χ4n) is 10.8. The number of fused-ring (bicyclic) bond motifs is 3. The Morgan fingerprint density at radius 3 is 2.26 bits per heavy atom. The quantitative estimate of drug-likeness (QED) is 0.0770. The number of methoxy groups -OCH3 is 2. The molecule has 3 aliphatic heterocycles. The summed E-state index contributed by atoms with van der Waals surface area (Å²) in [4.78, 5) is 72.4. The number of esters is 1. The summed E-state index contributed by atoms with van der Waals surface area (Å²) in [5.41, 5.74) is 0.914. The van der Waals surface area contributed by atoms with E-state index in [0.29, 0.717) is 56.1 Å². The Hall–Kier alpha value is -3.66. The van der Waals surface area contributed by atoms with Gasteiger partial charge in [-0.3, -0.25) is 23.9 Å². The van der Waals surface area contributed by atoms with Gasteiger partial charge in [0.15, 0.2) is 5.78 Å². The van der Waals surface area contributed by atoms with E-state index >= 15 is 0 Å². The van der Waals surface area contributed by atoms with Gasteiger partial charge in [0, 0.05) is 51.4 Å². The summed E-state index contributed by atoms with van der Waals surface area (Å²) >= 11 is 0. The molecule has 19 heteroatoms. The number of nitrogens with zero attached hydrogens (tertiary/aromatic N) is 1. The van der Waals surface area contributed by atoms with E-state index in [0.717, 1.165) is 11.3 Å². The number of aliphatic hydroxyl groups excluding tert-OH is 2. The van der Waals surface area contributed by atoms with Crippen LogP contribution in [0, 0.1) is 35.5 Å². The van der Waals surface area contributed by atoms with Crippen molar-refractivity contribution in [3.05, 3.63) is 47.6 Å². The monoisotopic (exact) mass is 1060 g/mol. The first-order valence-electron chi connectivity index (χ1n) is 26.4. The van der Waals surface area contributed by atoms with Crippen molar-refractivity contribution >= 4 is 29.2 Å². The fourth-order valence-corrected chi connectivity index (χ4v) is 10.8. The van der Waals surface area contributed by atoms with Gasteiger partial charge in [-0.15, -0.1) is 13.2 Å².